The lowest BCUT2D eigenvalue weighted by Crippen LogP contribution is -2.15. The van der Waals surface area contributed by atoms with Crippen LogP contribution >= 0.6 is 0 Å². The number of nitrogens with one attached hydrogen (secondary N) is 1. The number of fused-ring (bicyclic) bond motifs is 3. The van der Waals surface area contributed by atoms with Crippen molar-refractivity contribution in [3.8, 4) is 23.1 Å². The smallest absolute Gasteiger partial charge is 0.270 e. The van der Waals surface area contributed by atoms with Crippen LogP contribution < -0.4 is 10.1 Å². The number of aliphatic hydroxyl groups excluding tert-OH is 1. The number of nitrogens with zero attached hydrogens (tertiary/aromatic N) is 3. The Morgan fingerprint density at radius 3 is 2.66 bits per heavy atom. The Bertz CT molecular complexity index is 1180. The molecule has 0 saturated heterocycles. The summed E-state index contributed by atoms with van der Waals surface area (Å²) in [6.07, 6.45) is 0.581. The predicted octanol–water partition coefficient (Wildman–Crippen LogP) is 3.43. The van der Waals surface area contributed by atoms with Gasteiger partial charge in [-0.2, -0.15) is 10.4 Å². The lowest BCUT2D eigenvalue weighted by Gasteiger charge is -2.07. The lowest BCUT2D eigenvalue weighted by atomic mass is 10.1. The second-order valence-corrected chi connectivity index (χ2v) is 6.65. The Labute approximate surface area is 167 Å². The van der Waals surface area contributed by atoms with Gasteiger partial charge in [0.05, 0.1) is 12.8 Å². The molecule has 0 atom stereocenters. The van der Waals surface area contributed by atoms with E-state index in [1.165, 1.54) is 0 Å². The van der Waals surface area contributed by atoms with Gasteiger partial charge in [0.2, 0.25) is 0 Å². The summed E-state index contributed by atoms with van der Waals surface area (Å²) in [6.45, 7) is 0. The number of nitriles is 1. The molecule has 0 radical (unpaired) electrons. The van der Waals surface area contributed by atoms with Crippen molar-refractivity contribution in [1.82, 2.24) is 9.78 Å². The van der Waals surface area contributed by atoms with Crippen LogP contribution in [0.4, 0.5) is 5.69 Å². The Morgan fingerprint density at radius 1 is 1.24 bits per heavy atom. The molecule has 1 amide bonds. The molecule has 1 heterocycles. The van der Waals surface area contributed by atoms with Crippen LogP contribution in [-0.2, 0) is 18.3 Å². The first-order valence-corrected chi connectivity index (χ1v) is 8.96. The zero-order valence-corrected chi connectivity index (χ0v) is 15.9. The SMILES string of the molecule is COc1ccc(NC(=O)/C(C#N)=C(\O)c2nn(C)c3c2Cc2ccccc2-3)cc1. The molecule has 0 unspecified atom stereocenters. The van der Waals surface area contributed by atoms with E-state index in [2.05, 4.69) is 10.4 Å². The van der Waals surface area contributed by atoms with Gasteiger partial charge in [-0.05, 0) is 29.8 Å². The normalized spacial score (nSPS) is 12.4. The fourth-order valence-electron chi connectivity index (χ4n) is 3.56. The molecule has 29 heavy (non-hydrogen) atoms. The van der Waals surface area contributed by atoms with Crippen LogP contribution in [0.15, 0.2) is 54.1 Å². The van der Waals surface area contributed by atoms with Crippen LogP contribution in [0.2, 0.25) is 0 Å². The summed E-state index contributed by atoms with van der Waals surface area (Å²) in [6, 6.07) is 16.4. The third-order valence-corrected chi connectivity index (χ3v) is 4.93. The molecule has 0 saturated carbocycles. The lowest BCUT2D eigenvalue weighted by molar-refractivity contribution is -0.112. The average Bonchev–Trinajstić information content (AvgIpc) is 3.26. The number of aromatic nitrogens is 2. The molecule has 144 valence electrons. The van der Waals surface area contributed by atoms with Gasteiger partial charge in [0.25, 0.3) is 5.91 Å². The van der Waals surface area contributed by atoms with Crippen LogP contribution in [0.1, 0.15) is 16.8 Å². The number of methoxy groups -OCH3 is 1. The highest BCUT2D eigenvalue weighted by Crippen LogP contribution is 2.39. The van der Waals surface area contributed by atoms with E-state index >= 15 is 0 Å². The maximum atomic E-state index is 12.6. The van der Waals surface area contributed by atoms with Crippen molar-refractivity contribution < 1.29 is 14.6 Å². The summed E-state index contributed by atoms with van der Waals surface area (Å²) >= 11 is 0. The van der Waals surface area contributed by atoms with Crippen LogP contribution in [0.5, 0.6) is 5.75 Å². The van der Waals surface area contributed by atoms with E-state index in [0.717, 1.165) is 22.4 Å². The van der Waals surface area contributed by atoms with Gasteiger partial charge in [0.1, 0.15) is 17.5 Å². The van der Waals surface area contributed by atoms with Gasteiger partial charge < -0.3 is 15.2 Å². The van der Waals surface area contributed by atoms with E-state index in [0.29, 0.717) is 17.9 Å². The van der Waals surface area contributed by atoms with Crippen molar-refractivity contribution in [2.45, 2.75) is 6.42 Å². The Morgan fingerprint density at radius 2 is 1.97 bits per heavy atom. The fraction of sp³-hybridized carbons (Fsp3) is 0.136. The summed E-state index contributed by atoms with van der Waals surface area (Å²) < 4.78 is 6.76. The number of benzene rings is 2. The number of ether oxygens (including phenoxy) is 1. The summed E-state index contributed by atoms with van der Waals surface area (Å²) in [5.74, 6) is -0.487. The topological polar surface area (TPSA) is 100 Å². The molecule has 1 aliphatic carbocycles. The first-order valence-electron chi connectivity index (χ1n) is 8.96. The molecule has 4 rings (SSSR count). The molecular weight excluding hydrogens is 368 g/mol. The van der Waals surface area contributed by atoms with Crippen LogP contribution in [0, 0.1) is 11.3 Å². The molecule has 0 spiro atoms. The highest BCUT2D eigenvalue weighted by molar-refractivity contribution is 6.11. The first-order chi connectivity index (χ1) is 14.0. The van der Waals surface area contributed by atoms with Crippen molar-refractivity contribution in [3.05, 3.63) is 70.9 Å². The van der Waals surface area contributed by atoms with Gasteiger partial charge in [-0.3, -0.25) is 9.48 Å². The fourth-order valence-corrected chi connectivity index (χ4v) is 3.56. The van der Waals surface area contributed by atoms with E-state index in [1.54, 1.807) is 43.1 Å². The van der Waals surface area contributed by atoms with Crippen molar-refractivity contribution >= 4 is 17.4 Å². The largest absolute Gasteiger partial charge is 0.504 e. The summed E-state index contributed by atoms with van der Waals surface area (Å²) in [7, 11) is 3.33. The molecule has 7 nitrogen and oxygen atoms in total. The van der Waals surface area contributed by atoms with E-state index in [4.69, 9.17) is 4.74 Å². The maximum Gasteiger partial charge on any atom is 0.270 e. The molecule has 2 aromatic carbocycles. The van der Waals surface area contributed by atoms with Gasteiger partial charge in [0.15, 0.2) is 11.3 Å². The summed E-state index contributed by atoms with van der Waals surface area (Å²) in [4.78, 5) is 12.6. The number of aliphatic hydroxyl groups is 1. The van der Waals surface area contributed by atoms with Gasteiger partial charge >= 0.3 is 0 Å². The van der Waals surface area contributed by atoms with Gasteiger partial charge in [-0.25, -0.2) is 0 Å². The number of rotatable bonds is 4. The van der Waals surface area contributed by atoms with Crippen molar-refractivity contribution in [1.29, 1.82) is 5.26 Å². The number of carbonyl (C=O) groups excluding carboxylic acids is 1. The molecule has 0 fully saturated rings. The molecule has 3 aromatic rings. The highest BCUT2D eigenvalue weighted by Gasteiger charge is 2.30. The van der Waals surface area contributed by atoms with Gasteiger partial charge in [-0.1, -0.05) is 24.3 Å². The molecule has 2 N–H and O–H groups in total. The molecule has 1 aromatic heterocycles. The van der Waals surface area contributed by atoms with E-state index in [1.807, 2.05) is 30.3 Å². The van der Waals surface area contributed by atoms with Crippen molar-refractivity contribution in [2.75, 3.05) is 12.4 Å². The number of anilines is 1. The van der Waals surface area contributed by atoms with Crippen LogP contribution in [0.3, 0.4) is 0 Å². The molecule has 7 heteroatoms. The second kappa shape index (κ2) is 7.17. The standard InChI is InChI=1S/C22H18N4O3/c1-26-20-16-6-4-3-5-13(16)11-17(20)19(25-26)21(27)18(12-23)22(28)24-14-7-9-15(29-2)10-8-14/h3-10,27H,11H2,1-2H3,(H,24,28)/b21-18-. The highest BCUT2D eigenvalue weighted by atomic mass is 16.5. The van der Waals surface area contributed by atoms with E-state index < -0.39 is 17.2 Å². The zero-order valence-electron chi connectivity index (χ0n) is 15.9. The van der Waals surface area contributed by atoms with E-state index in [9.17, 15) is 15.2 Å². The monoisotopic (exact) mass is 386 g/mol. The number of hydrogen-bond donors (Lipinski definition) is 2. The Balaban J connectivity index is 1.69. The predicted molar refractivity (Wildman–Crippen MR) is 108 cm³/mol. The third kappa shape index (κ3) is 3.11. The second-order valence-electron chi connectivity index (χ2n) is 6.65. The van der Waals surface area contributed by atoms with Gasteiger partial charge in [0, 0.05) is 30.3 Å². The summed E-state index contributed by atoms with van der Waals surface area (Å²) in [5.41, 5.74) is 4.18. The summed E-state index contributed by atoms with van der Waals surface area (Å²) in [5, 5.41) is 27.3. The van der Waals surface area contributed by atoms with Crippen molar-refractivity contribution in [3.63, 3.8) is 0 Å². The van der Waals surface area contributed by atoms with Crippen LogP contribution in [-0.4, -0.2) is 27.9 Å². The third-order valence-electron chi connectivity index (χ3n) is 4.93. The molecule has 0 aliphatic heterocycles. The molecule has 0 bridgehead atoms. The molecular formula is C22H18N4O3. The Hall–Kier alpha value is -4.05. The number of hydrogen-bond acceptors (Lipinski definition) is 5. The minimum atomic E-state index is -0.704. The van der Waals surface area contributed by atoms with Gasteiger partial charge in [-0.15, -0.1) is 0 Å². The van der Waals surface area contributed by atoms with Crippen LogP contribution in [0.25, 0.3) is 17.0 Å². The minimum absolute atomic E-state index is 0.250. The quantitative estimate of drug-likeness (QED) is 0.318. The Kier molecular flexibility index (Phi) is 4.53. The number of aryl methyl sites for hydroxylation is 1. The van der Waals surface area contributed by atoms with E-state index in [-0.39, 0.29) is 5.69 Å². The maximum absolute atomic E-state index is 12.6. The minimum Gasteiger partial charge on any atom is -0.504 e. The first kappa shape index (κ1) is 18.3. The van der Waals surface area contributed by atoms with Crippen molar-refractivity contribution in [2.24, 2.45) is 7.05 Å². The average molecular weight is 386 g/mol. The molecule has 1 aliphatic rings. The number of amides is 1. The number of carbonyl (C=O) groups is 1. The zero-order chi connectivity index (χ0) is 20.5.